The number of benzene rings is 2. The summed E-state index contributed by atoms with van der Waals surface area (Å²) in [6, 6.07) is 14.1. The minimum atomic E-state index is -0.132. The third kappa shape index (κ3) is 4.37. The van der Waals surface area contributed by atoms with E-state index in [-0.39, 0.29) is 11.8 Å². The molecule has 0 bridgehead atoms. The van der Waals surface area contributed by atoms with Gasteiger partial charge in [-0.3, -0.25) is 9.59 Å². The van der Waals surface area contributed by atoms with Gasteiger partial charge in [0.15, 0.2) is 0 Å². The zero-order valence-corrected chi connectivity index (χ0v) is 14.6. The van der Waals surface area contributed by atoms with Crippen LogP contribution in [0.25, 0.3) is 10.8 Å². The molecule has 5 heteroatoms. The van der Waals surface area contributed by atoms with Gasteiger partial charge in [-0.05, 0) is 42.8 Å². The van der Waals surface area contributed by atoms with Crippen LogP contribution in [-0.4, -0.2) is 49.4 Å². The van der Waals surface area contributed by atoms with E-state index in [9.17, 15) is 9.59 Å². The van der Waals surface area contributed by atoms with Crippen LogP contribution in [0.15, 0.2) is 42.5 Å². The number of hydrogen-bond donors (Lipinski definition) is 2. The smallest absolute Gasteiger partial charge is 0.251 e. The first-order valence-corrected chi connectivity index (χ1v) is 8.89. The molecule has 0 radical (unpaired) electrons. The number of nitrogens with one attached hydrogen (secondary N) is 2. The lowest BCUT2D eigenvalue weighted by Gasteiger charge is -2.31. The van der Waals surface area contributed by atoms with Gasteiger partial charge in [0.05, 0.1) is 0 Å². The number of carbonyl (C=O) groups is 2. The molecular formula is C20H25N3O2. The van der Waals surface area contributed by atoms with Crippen LogP contribution in [0.3, 0.4) is 0 Å². The van der Waals surface area contributed by atoms with Crippen LogP contribution in [-0.2, 0) is 4.79 Å². The molecule has 1 saturated heterocycles. The maximum absolute atomic E-state index is 12.3. The highest BCUT2D eigenvalue weighted by Gasteiger charge is 2.21. The van der Waals surface area contributed by atoms with Crippen LogP contribution in [0.1, 0.15) is 29.6 Å². The summed E-state index contributed by atoms with van der Waals surface area (Å²) in [6.07, 6.45) is 2.33. The number of nitrogens with zero attached hydrogens (tertiary/aromatic N) is 1. The van der Waals surface area contributed by atoms with Crippen molar-refractivity contribution >= 4 is 22.6 Å². The van der Waals surface area contributed by atoms with Crippen LogP contribution in [0, 0.1) is 0 Å². The van der Waals surface area contributed by atoms with E-state index in [4.69, 9.17) is 0 Å². The van der Waals surface area contributed by atoms with E-state index in [2.05, 4.69) is 10.6 Å². The molecule has 2 aromatic rings. The molecule has 0 saturated carbocycles. The van der Waals surface area contributed by atoms with E-state index >= 15 is 0 Å². The molecule has 3 rings (SSSR count). The normalized spacial score (nSPS) is 15.3. The van der Waals surface area contributed by atoms with Gasteiger partial charge in [0, 0.05) is 37.7 Å². The summed E-state index contributed by atoms with van der Waals surface area (Å²) in [4.78, 5) is 26.4. The molecular weight excluding hydrogens is 314 g/mol. The van der Waals surface area contributed by atoms with Crippen molar-refractivity contribution in [3.8, 4) is 0 Å². The van der Waals surface area contributed by atoms with Gasteiger partial charge >= 0.3 is 0 Å². The Kier molecular flexibility index (Phi) is 5.66. The summed E-state index contributed by atoms with van der Waals surface area (Å²) in [7, 11) is 1.96. The third-order valence-electron chi connectivity index (χ3n) is 4.89. The van der Waals surface area contributed by atoms with Gasteiger partial charge < -0.3 is 15.5 Å². The quantitative estimate of drug-likeness (QED) is 0.878. The molecule has 0 unspecified atom stereocenters. The predicted molar refractivity (Wildman–Crippen MR) is 99.6 cm³/mol. The van der Waals surface area contributed by atoms with E-state index in [1.165, 1.54) is 0 Å². The molecule has 0 aromatic heterocycles. The highest BCUT2D eigenvalue weighted by atomic mass is 16.2. The van der Waals surface area contributed by atoms with Gasteiger partial charge in [0.25, 0.3) is 5.91 Å². The first-order chi connectivity index (χ1) is 12.2. The van der Waals surface area contributed by atoms with Gasteiger partial charge in [0.1, 0.15) is 0 Å². The average molecular weight is 339 g/mol. The number of amides is 2. The molecule has 0 aliphatic carbocycles. The highest BCUT2D eigenvalue weighted by molar-refractivity contribution is 5.98. The molecule has 2 amide bonds. The average Bonchev–Trinajstić information content (AvgIpc) is 2.67. The Morgan fingerprint density at radius 1 is 1.08 bits per heavy atom. The van der Waals surface area contributed by atoms with Gasteiger partial charge in [0.2, 0.25) is 5.91 Å². The lowest BCUT2D eigenvalue weighted by Crippen LogP contribution is -2.44. The third-order valence-corrected chi connectivity index (χ3v) is 4.89. The van der Waals surface area contributed by atoms with Gasteiger partial charge in [-0.1, -0.05) is 30.3 Å². The molecule has 25 heavy (non-hydrogen) atoms. The second-order valence-corrected chi connectivity index (χ2v) is 6.51. The molecule has 0 spiro atoms. The van der Waals surface area contributed by atoms with Crippen molar-refractivity contribution in [1.82, 2.24) is 15.5 Å². The Hall–Kier alpha value is -2.40. The van der Waals surface area contributed by atoms with Crippen molar-refractivity contribution < 1.29 is 9.59 Å². The van der Waals surface area contributed by atoms with Gasteiger partial charge in [-0.25, -0.2) is 0 Å². The lowest BCUT2D eigenvalue weighted by molar-refractivity contribution is -0.132. The molecule has 2 aromatic carbocycles. The summed E-state index contributed by atoms with van der Waals surface area (Å²) in [5.74, 6) is -0.0131. The zero-order chi connectivity index (χ0) is 17.6. The van der Waals surface area contributed by atoms with Crippen LogP contribution in [0.2, 0.25) is 0 Å². The second kappa shape index (κ2) is 8.12. The lowest BCUT2D eigenvalue weighted by atomic mass is 10.1. The zero-order valence-electron chi connectivity index (χ0n) is 14.6. The Labute approximate surface area is 148 Å². The van der Waals surface area contributed by atoms with Crippen LogP contribution in [0.5, 0.6) is 0 Å². The van der Waals surface area contributed by atoms with E-state index in [0.717, 1.165) is 36.7 Å². The number of rotatable bonds is 5. The van der Waals surface area contributed by atoms with Crippen LogP contribution in [0.4, 0.5) is 0 Å². The van der Waals surface area contributed by atoms with E-state index in [1.54, 1.807) is 0 Å². The maximum Gasteiger partial charge on any atom is 0.251 e. The van der Waals surface area contributed by atoms with Crippen molar-refractivity contribution in [1.29, 1.82) is 0 Å². The van der Waals surface area contributed by atoms with Crippen molar-refractivity contribution in [2.75, 3.05) is 26.7 Å². The number of likely N-dealkylation sites (tertiary alicyclic amines) is 1. The van der Waals surface area contributed by atoms with Crippen molar-refractivity contribution in [2.45, 2.75) is 25.3 Å². The molecule has 0 atom stereocenters. The monoisotopic (exact) mass is 339 g/mol. The summed E-state index contributed by atoms with van der Waals surface area (Å²) >= 11 is 0. The Balaban J connectivity index is 1.48. The van der Waals surface area contributed by atoms with Crippen LogP contribution < -0.4 is 10.6 Å². The molecule has 5 nitrogen and oxygen atoms in total. The van der Waals surface area contributed by atoms with Crippen molar-refractivity contribution in [2.24, 2.45) is 0 Å². The number of hydrogen-bond acceptors (Lipinski definition) is 3. The summed E-state index contributed by atoms with van der Waals surface area (Å²) in [5, 5.41) is 8.26. The SMILES string of the molecule is CNC1CCN(C(=O)CCNC(=O)c2ccc3ccccc3c2)CC1. The molecule has 1 aliphatic rings. The number of carbonyl (C=O) groups excluding carboxylic acids is 2. The molecule has 1 fully saturated rings. The number of fused-ring (bicyclic) bond motifs is 1. The predicted octanol–water partition coefficient (Wildman–Crippen LogP) is 2.17. The van der Waals surface area contributed by atoms with Gasteiger partial charge in [-0.2, -0.15) is 0 Å². The van der Waals surface area contributed by atoms with E-state index in [1.807, 2.05) is 54.4 Å². The Morgan fingerprint density at radius 2 is 1.80 bits per heavy atom. The minimum absolute atomic E-state index is 0.119. The Bertz CT molecular complexity index is 751. The number of piperidine rings is 1. The molecule has 2 N–H and O–H groups in total. The fraction of sp³-hybridized carbons (Fsp3) is 0.400. The minimum Gasteiger partial charge on any atom is -0.352 e. The summed E-state index contributed by atoms with van der Waals surface area (Å²) in [6.45, 7) is 1.96. The first-order valence-electron chi connectivity index (χ1n) is 8.89. The van der Waals surface area contributed by atoms with Crippen molar-refractivity contribution in [3.63, 3.8) is 0 Å². The Morgan fingerprint density at radius 3 is 2.52 bits per heavy atom. The molecule has 1 heterocycles. The van der Waals surface area contributed by atoms with E-state index in [0.29, 0.717) is 24.6 Å². The van der Waals surface area contributed by atoms with E-state index < -0.39 is 0 Å². The highest BCUT2D eigenvalue weighted by Crippen LogP contribution is 2.15. The first kappa shape index (κ1) is 17.4. The maximum atomic E-state index is 12.3. The second-order valence-electron chi connectivity index (χ2n) is 6.51. The standard InChI is InChI=1S/C20H25N3O2/c1-21-18-9-12-23(13-10-18)19(24)8-11-22-20(25)17-7-6-15-4-2-3-5-16(15)14-17/h2-7,14,18,21H,8-13H2,1H3,(H,22,25). The van der Waals surface area contributed by atoms with Crippen LogP contribution >= 0.6 is 0 Å². The largest absolute Gasteiger partial charge is 0.352 e. The summed E-state index contributed by atoms with van der Waals surface area (Å²) < 4.78 is 0. The van der Waals surface area contributed by atoms with Gasteiger partial charge in [-0.15, -0.1) is 0 Å². The summed E-state index contributed by atoms with van der Waals surface area (Å²) in [5.41, 5.74) is 0.626. The molecule has 132 valence electrons. The molecule has 1 aliphatic heterocycles. The van der Waals surface area contributed by atoms with Crippen molar-refractivity contribution in [3.05, 3.63) is 48.0 Å². The fourth-order valence-corrected chi connectivity index (χ4v) is 3.29. The fourth-order valence-electron chi connectivity index (χ4n) is 3.29. The topological polar surface area (TPSA) is 61.4 Å².